The second-order valence-electron chi connectivity index (χ2n) is 4.26. The highest BCUT2D eigenvalue weighted by atomic mass is 16.4. The second-order valence-corrected chi connectivity index (χ2v) is 4.26. The molecule has 6 nitrogen and oxygen atoms in total. The van der Waals surface area contributed by atoms with E-state index >= 15 is 0 Å². The maximum absolute atomic E-state index is 10.9. The smallest absolute Gasteiger partial charge is 0.331 e. The first-order chi connectivity index (χ1) is 9.58. The van der Waals surface area contributed by atoms with Crippen molar-refractivity contribution in [2.24, 2.45) is 10.7 Å². The molecule has 1 aliphatic rings. The summed E-state index contributed by atoms with van der Waals surface area (Å²) in [6.07, 6.45) is 7.47. The van der Waals surface area contributed by atoms with E-state index in [9.17, 15) is 4.79 Å². The molecule has 1 aromatic rings. The van der Waals surface area contributed by atoms with Gasteiger partial charge in [-0.15, -0.1) is 0 Å². The summed E-state index contributed by atoms with van der Waals surface area (Å²) in [5.41, 5.74) is 7.18. The van der Waals surface area contributed by atoms with Crippen molar-refractivity contribution in [1.29, 1.82) is 5.41 Å². The van der Waals surface area contributed by atoms with Gasteiger partial charge >= 0.3 is 5.97 Å². The molecular formula is C14H14N4O2. The molecule has 0 atom stereocenters. The zero-order valence-electron chi connectivity index (χ0n) is 10.7. The van der Waals surface area contributed by atoms with E-state index in [1.165, 1.54) is 6.08 Å². The summed E-state index contributed by atoms with van der Waals surface area (Å²) in [7, 11) is 0. The van der Waals surface area contributed by atoms with Gasteiger partial charge in [0.15, 0.2) is 5.84 Å². The van der Waals surface area contributed by atoms with Crippen LogP contribution in [0.4, 0.5) is 0 Å². The maximum Gasteiger partial charge on any atom is 0.331 e. The van der Waals surface area contributed by atoms with Crippen LogP contribution >= 0.6 is 0 Å². The number of carboxylic acids is 1. The highest BCUT2D eigenvalue weighted by Gasteiger charge is 2.14. The van der Waals surface area contributed by atoms with Crippen LogP contribution in [0.3, 0.4) is 0 Å². The van der Waals surface area contributed by atoms with E-state index in [1.54, 1.807) is 30.6 Å². The first-order valence-electron chi connectivity index (χ1n) is 6.05. The molecule has 0 saturated heterocycles. The Labute approximate surface area is 115 Å². The number of hydrogen-bond acceptors (Lipinski definition) is 3. The third-order valence-electron chi connectivity index (χ3n) is 2.85. The predicted molar refractivity (Wildman–Crippen MR) is 75.7 cm³/mol. The normalized spacial score (nSPS) is 15.3. The number of aliphatic carboxylic acids is 1. The Morgan fingerprint density at radius 3 is 2.95 bits per heavy atom. The van der Waals surface area contributed by atoms with Gasteiger partial charge in [-0.25, -0.2) is 9.79 Å². The number of allylic oxidation sites excluding steroid dienone is 1. The van der Waals surface area contributed by atoms with Crippen molar-refractivity contribution in [3.8, 4) is 0 Å². The van der Waals surface area contributed by atoms with Gasteiger partial charge in [0.05, 0.1) is 0 Å². The predicted octanol–water partition coefficient (Wildman–Crippen LogP) is 1.50. The number of pyridine rings is 1. The van der Waals surface area contributed by atoms with Gasteiger partial charge in [0.2, 0.25) is 0 Å². The largest absolute Gasteiger partial charge is 0.478 e. The topological polar surface area (TPSA) is 112 Å². The molecule has 0 amide bonds. The standard InChI is InChI=1S/C14H14N4O2/c15-12(9-3-1-4-10(7-9)14(19)20)18-13(16)11-5-2-6-17-8-11/h2-3,5-8H,1,4H2,(H,19,20)(H3,15,16,18). The number of carboxylic acid groups (broad SMARTS) is 1. The summed E-state index contributed by atoms with van der Waals surface area (Å²) in [4.78, 5) is 18.9. The summed E-state index contributed by atoms with van der Waals surface area (Å²) in [6, 6.07) is 3.47. The Morgan fingerprint density at radius 1 is 1.50 bits per heavy atom. The van der Waals surface area contributed by atoms with Gasteiger partial charge < -0.3 is 10.8 Å². The Bertz CT molecular complexity index is 630. The fourth-order valence-electron chi connectivity index (χ4n) is 1.80. The summed E-state index contributed by atoms with van der Waals surface area (Å²) in [5.74, 6) is -0.836. The third kappa shape index (κ3) is 3.17. The zero-order chi connectivity index (χ0) is 14.5. The molecule has 2 rings (SSSR count). The van der Waals surface area contributed by atoms with E-state index in [1.807, 2.05) is 0 Å². The minimum atomic E-state index is -0.965. The van der Waals surface area contributed by atoms with Crippen LogP contribution in [0.1, 0.15) is 18.4 Å². The minimum absolute atomic E-state index is 0.0511. The lowest BCUT2D eigenvalue weighted by Crippen LogP contribution is -2.17. The van der Waals surface area contributed by atoms with Gasteiger partial charge in [0, 0.05) is 29.1 Å². The quantitative estimate of drug-likeness (QED) is 0.570. The summed E-state index contributed by atoms with van der Waals surface area (Å²) < 4.78 is 0. The molecule has 0 bridgehead atoms. The molecule has 1 heterocycles. The zero-order valence-corrected chi connectivity index (χ0v) is 10.7. The molecule has 0 unspecified atom stereocenters. The summed E-state index contributed by atoms with van der Waals surface area (Å²) >= 11 is 0. The minimum Gasteiger partial charge on any atom is -0.478 e. The number of nitrogens with two attached hydrogens (primary N) is 1. The number of nitrogens with one attached hydrogen (secondary N) is 1. The lowest BCUT2D eigenvalue weighted by Gasteiger charge is -2.10. The third-order valence-corrected chi connectivity index (χ3v) is 2.85. The van der Waals surface area contributed by atoms with Crippen molar-refractivity contribution in [3.05, 3.63) is 53.4 Å². The van der Waals surface area contributed by atoms with Crippen LogP contribution in [-0.4, -0.2) is 27.7 Å². The van der Waals surface area contributed by atoms with Gasteiger partial charge in [-0.1, -0.05) is 6.08 Å². The molecule has 20 heavy (non-hydrogen) atoms. The fraction of sp³-hybridized carbons (Fsp3) is 0.143. The molecule has 1 aliphatic carbocycles. The lowest BCUT2D eigenvalue weighted by molar-refractivity contribution is -0.132. The van der Waals surface area contributed by atoms with Crippen LogP contribution < -0.4 is 5.73 Å². The van der Waals surface area contributed by atoms with Crippen molar-refractivity contribution < 1.29 is 9.90 Å². The van der Waals surface area contributed by atoms with Crippen LogP contribution in [0.5, 0.6) is 0 Å². The number of aliphatic imine (C=N–C) groups is 1. The number of amidine groups is 2. The molecular weight excluding hydrogens is 256 g/mol. The van der Waals surface area contributed by atoms with Gasteiger partial charge in [-0.05, 0) is 31.1 Å². The maximum atomic E-state index is 10.9. The van der Waals surface area contributed by atoms with Crippen LogP contribution in [0, 0.1) is 5.41 Å². The van der Waals surface area contributed by atoms with Crippen molar-refractivity contribution in [3.63, 3.8) is 0 Å². The number of carbonyl (C=O) groups is 1. The monoisotopic (exact) mass is 270 g/mol. The van der Waals surface area contributed by atoms with E-state index in [0.717, 1.165) is 0 Å². The molecule has 0 aliphatic heterocycles. The number of nitrogens with zero attached hydrogens (tertiary/aromatic N) is 2. The van der Waals surface area contributed by atoms with Crippen molar-refractivity contribution >= 4 is 17.6 Å². The van der Waals surface area contributed by atoms with Crippen LogP contribution in [-0.2, 0) is 4.79 Å². The molecule has 0 aromatic carbocycles. The molecule has 4 N–H and O–H groups in total. The first-order valence-corrected chi connectivity index (χ1v) is 6.05. The van der Waals surface area contributed by atoms with E-state index in [4.69, 9.17) is 16.2 Å². The Morgan fingerprint density at radius 2 is 2.30 bits per heavy atom. The average molecular weight is 270 g/mol. The molecule has 6 heteroatoms. The van der Waals surface area contributed by atoms with E-state index in [-0.39, 0.29) is 17.2 Å². The molecule has 1 aromatic heterocycles. The molecule has 0 radical (unpaired) electrons. The number of rotatable bonds is 3. The second kappa shape index (κ2) is 5.92. The van der Waals surface area contributed by atoms with Gasteiger partial charge in [0.25, 0.3) is 0 Å². The van der Waals surface area contributed by atoms with Gasteiger partial charge in [-0.2, -0.15) is 0 Å². The van der Waals surface area contributed by atoms with Crippen LogP contribution in [0.2, 0.25) is 0 Å². The number of aromatic nitrogens is 1. The van der Waals surface area contributed by atoms with E-state index in [2.05, 4.69) is 9.98 Å². The molecule has 102 valence electrons. The molecule has 0 fully saturated rings. The highest BCUT2D eigenvalue weighted by Crippen LogP contribution is 2.18. The Hall–Kier alpha value is -2.76. The Balaban J connectivity index is 2.21. The van der Waals surface area contributed by atoms with Crippen molar-refractivity contribution in [2.45, 2.75) is 12.8 Å². The lowest BCUT2D eigenvalue weighted by atomic mass is 9.99. The van der Waals surface area contributed by atoms with E-state index in [0.29, 0.717) is 24.0 Å². The molecule has 0 spiro atoms. The molecule has 0 saturated carbocycles. The van der Waals surface area contributed by atoms with Crippen molar-refractivity contribution in [1.82, 2.24) is 4.98 Å². The SMILES string of the molecule is N=C(N=C(N)c1cccnc1)C1=CCCC(C(=O)O)=C1. The number of hydrogen-bond donors (Lipinski definition) is 3. The van der Waals surface area contributed by atoms with Crippen molar-refractivity contribution in [2.75, 3.05) is 0 Å². The Kier molecular flexibility index (Phi) is 4.05. The van der Waals surface area contributed by atoms with Crippen LogP contribution in [0.15, 0.2) is 52.8 Å². The first kappa shape index (κ1) is 13.7. The summed E-state index contributed by atoms with van der Waals surface area (Å²) in [6.45, 7) is 0. The highest BCUT2D eigenvalue weighted by molar-refractivity contribution is 6.11. The van der Waals surface area contributed by atoms with Crippen LogP contribution in [0.25, 0.3) is 0 Å². The van der Waals surface area contributed by atoms with Gasteiger partial charge in [-0.3, -0.25) is 10.4 Å². The van der Waals surface area contributed by atoms with Gasteiger partial charge in [0.1, 0.15) is 5.84 Å². The van der Waals surface area contributed by atoms with E-state index < -0.39 is 5.97 Å². The summed E-state index contributed by atoms with van der Waals surface area (Å²) in [5, 5.41) is 16.9. The average Bonchev–Trinajstić information content (AvgIpc) is 2.48. The fourth-order valence-corrected chi connectivity index (χ4v) is 1.80.